The molecule has 7 heteroatoms. The summed E-state index contributed by atoms with van der Waals surface area (Å²) in [5, 5.41) is 2.78. The van der Waals surface area contributed by atoms with Crippen molar-refractivity contribution in [3.8, 4) is 0 Å². The lowest BCUT2D eigenvalue weighted by atomic mass is 9.95. The van der Waals surface area contributed by atoms with Crippen LogP contribution >= 0.6 is 22.9 Å². The van der Waals surface area contributed by atoms with Crippen LogP contribution in [0.15, 0.2) is 24.3 Å². The molecule has 0 spiro atoms. The van der Waals surface area contributed by atoms with Gasteiger partial charge in [-0.25, -0.2) is 4.79 Å². The summed E-state index contributed by atoms with van der Waals surface area (Å²) in [6.45, 7) is 2.04. The van der Waals surface area contributed by atoms with Crippen LogP contribution in [0.3, 0.4) is 0 Å². The molecule has 0 saturated carbocycles. The van der Waals surface area contributed by atoms with E-state index < -0.39 is 11.2 Å². The maximum absolute atomic E-state index is 12.6. The Morgan fingerprint density at radius 3 is 2.42 bits per heavy atom. The van der Waals surface area contributed by atoms with Gasteiger partial charge in [-0.3, -0.25) is 9.59 Å². The van der Waals surface area contributed by atoms with E-state index >= 15 is 0 Å². The molecule has 0 radical (unpaired) electrons. The summed E-state index contributed by atoms with van der Waals surface area (Å²) >= 11 is 6.86. The summed E-state index contributed by atoms with van der Waals surface area (Å²) in [5.74, 6) is -0.743. The average molecular weight is 392 g/mol. The lowest BCUT2D eigenvalue weighted by Gasteiger charge is -2.12. The van der Waals surface area contributed by atoms with Gasteiger partial charge in [-0.1, -0.05) is 0 Å². The number of fused-ring (bicyclic) bond motifs is 1. The molecule has 136 valence electrons. The zero-order valence-electron chi connectivity index (χ0n) is 14.3. The average Bonchev–Trinajstić information content (AvgIpc) is 2.99. The third kappa shape index (κ3) is 3.81. The summed E-state index contributed by atoms with van der Waals surface area (Å²) in [6.07, 6.45) is 3.84. The highest BCUT2D eigenvalue weighted by atomic mass is 35.5. The predicted molar refractivity (Wildman–Crippen MR) is 101 cm³/mol. The topological polar surface area (TPSA) is 72.5 Å². The third-order valence-electron chi connectivity index (χ3n) is 4.25. The van der Waals surface area contributed by atoms with Gasteiger partial charge >= 0.3 is 5.97 Å². The standard InChI is InChI=1S/C19H18ClNO4S/c1-2-25-19(24)15-13-5-3-4-6-14(13)26-18(15)21-17(23)12-9-7-11(8-10-12)16(20)22/h7-10H,2-6H2,1H3,(H,21,23). The first-order chi connectivity index (χ1) is 12.5. The van der Waals surface area contributed by atoms with Crippen molar-refractivity contribution in [3.05, 3.63) is 51.4 Å². The van der Waals surface area contributed by atoms with Gasteiger partial charge in [0, 0.05) is 16.0 Å². The van der Waals surface area contributed by atoms with Crippen molar-refractivity contribution in [1.82, 2.24) is 0 Å². The van der Waals surface area contributed by atoms with E-state index in [9.17, 15) is 14.4 Å². The third-order valence-corrected chi connectivity index (χ3v) is 5.68. The maximum atomic E-state index is 12.6. The normalized spacial score (nSPS) is 13.0. The van der Waals surface area contributed by atoms with E-state index in [4.69, 9.17) is 16.3 Å². The minimum Gasteiger partial charge on any atom is -0.462 e. The highest BCUT2D eigenvalue weighted by Crippen LogP contribution is 2.38. The van der Waals surface area contributed by atoms with Gasteiger partial charge in [0.2, 0.25) is 0 Å². The Kier molecular flexibility index (Phi) is 5.74. The molecule has 0 aliphatic heterocycles. The second-order valence-corrected chi connectivity index (χ2v) is 7.39. The first kappa shape index (κ1) is 18.6. The van der Waals surface area contributed by atoms with Gasteiger partial charge in [0.05, 0.1) is 12.2 Å². The number of thiophene rings is 1. The molecule has 1 aromatic carbocycles. The SMILES string of the molecule is CCOC(=O)c1c(NC(=O)c2ccc(C(=O)Cl)cc2)sc2c1CCCC2. The Bertz CT molecular complexity index is 857. The molecule has 5 nitrogen and oxygen atoms in total. The van der Waals surface area contributed by atoms with Crippen LogP contribution in [0.5, 0.6) is 0 Å². The van der Waals surface area contributed by atoms with Crippen LogP contribution in [0.1, 0.15) is 61.3 Å². The van der Waals surface area contributed by atoms with Gasteiger partial charge in [-0.05, 0) is 74.0 Å². The summed E-state index contributed by atoms with van der Waals surface area (Å²) < 4.78 is 5.19. The summed E-state index contributed by atoms with van der Waals surface area (Å²) in [5.41, 5.74) is 2.18. The Balaban J connectivity index is 1.88. The lowest BCUT2D eigenvalue weighted by molar-refractivity contribution is 0.0526. The van der Waals surface area contributed by atoms with E-state index in [1.54, 1.807) is 6.92 Å². The Hall–Kier alpha value is -2.18. The molecule has 1 N–H and O–H groups in total. The number of hydrogen-bond donors (Lipinski definition) is 1. The summed E-state index contributed by atoms with van der Waals surface area (Å²) in [7, 11) is 0. The monoisotopic (exact) mass is 391 g/mol. The highest BCUT2D eigenvalue weighted by Gasteiger charge is 2.27. The molecule has 26 heavy (non-hydrogen) atoms. The second kappa shape index (κ2) is 8.01. The van der Waals surface area contributed by atoms with Crippen molar-refractivity contribution in [1.29, 1.82) is 0 Å². The quantitative estimate of drug-likeness (QED) is 0.604. The maximum Gasteiger partial charge on any atom is 0.341 e. The van der Waals surface area contributed by atoms with Gasteiger partial charge in [0.25, 0.3) is 11.1 Å². The van der Waals surface area contributed by atoms with Crippen molar-refractivity contribution >= 4 is 45.1 Å². The second-order valence-electron chi connectivity index (χ2n) is 5.94. The molecular weight excluding hydrogens is 374 g/mol. The largest absolute Gasteiger partial charge is 0.462 e. The molecule has 2 aromatic rings. The Morgan fingerprint density at radius 2 is 1.77 bits per heavy atom. The fourth-order valence-corrected chi connectivity index (χ4v) is 4.40. The number of hydrogen-bond acceptors (Lipinski definition) is 5. The van der Waals surface area contributed by atoms with Crippen LogP contribution < -0.4 is 5.32 Å². The molecule has 0 bridgehead atoms. The number of carbonyl (C=O) groups is 3. The van der Waals surface area contributed by atoms with Crippen LogP contribution in [-0.4, -0.2) is 23.7 Å². The van der Waals surface area contributed by atoms with Crippen molar-refractivity contribution in [2.45, 2.75) is 32.6 Å². The van der Waals surface area contributed by atoms with E-state index in [0.717, 1.165) is 36.1 Å². The number of esters is 1. The predicted octanol–water partition coefficient (Wildman–Crippen LogP) is 4.43. The fraction of sp³-hybridized carbons (Fsp3) is 0.316. The number of carbonyl (C=O) groups excluding carboxylic acids is 3. The number of ether oxygens (including phenoxy) is 1. The number of halogens is 1. The van der Waals surface area contributed by atoms with Crippen LogP contribution in [-0.2, 0) is 17.6 Å². The molecule has 0 unspecified atom stereocenters. The van der Waals surface area contributed by atoms with Crippen molar-refractivity contribution in [2.75, 3.05) is 11.9 Å². The molecule has 3 rings (SSSR count). The molecule has 1 heterocycles. The molecule has 1 amide bonds. The van der Waals surface area contributed by atoms with E-state index in [1.165, 1.54) is 35.6 Å². The smallest absolute Gasteiger partial charge is 0.341 e. The van der Waals surface area contributed by atoms with Crippen LogP contribution in [0.4, 0.5) is 5.00 Å². The lowest BCUT2D eigenvalue weighted by Crippen LogP contribution is -2.15. The van der Waals surface area contributed by atoms with Crippen molar-refractivity contribution < 1.29 is 19.1 Å². The number of anilines is 1. The van der Waals surface area contributed by atoms with E-state index in [2.05, 4.69) is 5.32 Å². The van der Waals surface area contributed by atoms with Crippen molar-refractivity contribution in [2.24, 2.45) is 0 Å². The van der Waals surface area contributed by atoms with Crippen molar-refractivity contribution in [3.63, 3.8) is 0 Å². The molecule has 0 fully saturated rings. The minimum atomic E-state index is -0.576. The zero-order valence-corrected chi connectivity index (χ0v) is 15.8. The van der Waals surface area contributed by atoms with Gasteiger partial charge in [-0.15, -0.1) is 11.3 Å². The summed E-state index contributed by atoms with van der Waals surface area (Å²) in [6, 6.07) is 6.05. The van der Waals surface area contributed by atoms with E-state index in [-0.39, 0.29) is 12.5 Å². The first-order valence-corrected chi connectivity index (χ1v) is 9.63. The van der Waals surface area contributed by atoms with Gasteiger partial charge in [0.1, 0.15) is 5.00 Å². The molecular formula is C19H18ClNO4S. The van der Waals surface area contributed by atoms with Crippen LogP contribution in [0.25, 0.3) is 0 Å². The number of amides is 1. The number of nitrogens with one attached hydrogen (secondary N) is 1. The molecule has 0 saturated heterocycles. The molecule has 1 aliphatic rings. The highest BCUT2D eigenvalue weighted by molar-refractivity contribution is 7.17. The molecule has 1 aromatic heterocycles. The van der Waals surface area contributed by atoms with Gasteiger partial charge in [0.15, 0.2) is 0 Å². The van der Waals surface area contributed by atoms with Crippen LogP contribution in [0, 0.1) is 0 Å². The van der Waals surface area contributed by atoms with Gasteiger partial charge < -0.3 is 10.1 Å². The van der Waals surface area contributed by atoms with Crippen LogP contribution in [0.2, 0.25) is 0 Å². The fourth-order valence-electron chi connectivity index (χ4n) is 3.00. The first-order valence-electron chi connectivity index (χ1n) is 8.44. The minimum absolute atomic E-state index is 0.282. The summed E-state index contributed by atoms with van der Waals surface area (Å²) in [4.78, 5) is 37.2. The molecule has 1 aliphatic carbocycles. The zero-order chi connectivity index (χ0) is 18.7. The number of aryl methyl sites for hydroxylation is 1. The Morgan fingerprint density at radius 1 is 1.12 bits per heavy atom. The van der Waals surface area contributed by atoms with E-state index in [0.29, 0.717) is 21.7 Å². The van der Waals surface area contributed by atoms with Gasteiger partial charge in [-0.2, -0.15) is 0 Å². The van der Waals surface area contributed by atoms with E-state index in [1.807, 2.05) is 0 Å². The Labute approximate surface area is 160 Å². The number of benzene rings is 1. The molecule has 0 atom stereocenters. The number of rotatable bonds is 5.